The van der Waals surface area contributed by atoms with Crippen LogP contribution in [0.1, 0.15) is 0 Å². The van der Waals surface area contributed by atoms with Crippen molar-refractivity contribution in [3.8, 4) is 0 Å². The summed E-state index contributed by atoms with van der Waals surface area (Å²) in [4.78, 5) is 14.3. The fourth-order valence-corrected chi connectivity index (χ4v) is 0.678. The van der Waals surface area contributed by atoms with Crippen LogP contribution >= 0.6 is 0 Å². The first-order valence-corrected chi connectivity index (χ1v) is 3.00. The van der Waals surface area contributed by atoms with E-state index in [1.54, 1.807) is 0 Å². The summed E-state index contributed by atoms with van der Waals surface area (Å²) in [5, 5.41) is 11.6. The highest BCUT2D eigenvalue weighted by Gasteiger charge is 2.19. The van der Waals surface area contributed by atoms with Crippen LogP contribution in [-0.4, -0.2) is 30.8 Å². The Bertz CT molecular complexity index is 222. The summed E-state index contributed by atoms with van der Waals surface area (Å²) in [6, 6.07) is 0. The third-order valence-electron chi connectivity index (χ3n) is 1.23. The van der Waals surface area contributed by atoms with Gasteiger partial charge in [0.15, 0.2) is 6.23 Å². The van der Waals surface area contributed by atoms with Gasteiger partial charge in [-0.3, -0.25) is 0 Å². The Hall–Kier alpha value is -1.36. The predicted molar refractivity (Wildman–Crippen MR) is 37.7 cm³/mol. The van der Waals surface area contributed by atoms with Crippen LogP contribution in [0.4, 0.5) is 0 Å². The number of carbonyl (C=O) groups excluding carboxylic acids is 1. The number of hydrogen-bond acceptors (Lipinski definition) is 5. The number of aliphatic hydroxyl groups excluding tert-OH is 1. The van der Waals surface area contributed by atoms with Crippen LogP contribution in [0.15, 0.2) is 16.8 Å². The maximum Gasteiger partial charge on any atom is 0.339 e. The summed E-state index contributed by atoms with van der Waals surface area (Å²) in [7, 11) is 1.24. The first kappa shape index (κ1) is 7.74. The van der Waals surface area contributed by atoms with E-state index < -0.39 is 12.2 Å². The lowest BCUT2D eigenvalue weighted by molar-refractivity contribution is -0.137. The van der Waals surface area contributed by atoms with Gasteiger partial charge in [-0.2, -0.15) is 0 Å². The van der Waals surface area contributed by atoms with Crippen molar-refractivity contribution in [1.29, 1.82) is 0 Å². The second kappa shape index (κ2) is 3.16. The number of aliphatic imine (C=N–C) groups is 1. The predicted octanol–water partition coefficient (Wildman–Crippen LogP) is -1.01. The zero-order chi connectivity index (χ0) is 8.27. The normalized spacial score (nSPS) is 22.0. The number of esters is 1. The zero-order valence-electron chi connectivity index (χ0n) is 5.94. The summed E-state index contributed by atoms with van der Waals surface area (Å²) in [5.41, 5.74) is 0.106. The van der Waals surface area contributed by atoms with E-state index in [-0.39, 0.29) is 5.57 Å². The minimum absolute atomic E-state index is 0.106. The molecular formula is C6H8N2O3. The Morgan fingerprint density at radius 3 is 3.18 bits per heavy atom. The van der Waals surface area contributed by atoms with E-state index in [4.69, 9.17) is 5.11 Å². The molecule has 5 heteroatoms. The van der Waals surface area contributed by atoms with Crippen molar-refractivity contribution in [2.24, 2.45) is 4.99 Å². The maximum absolute atomic E-state index is 10.8. The van der Waals surface area contributed by atoms with Gasteiger partial charge in [0.05, 0.1) is 13.4 Å². The standard InChI is InChI=1S/C6H8N2O3/c1-11-6(10)4-2-7-3-8-5(4)9/h2-3,5,9H,1H3,(H,7,8)/t5-/m0/s1. The molecule has 11 heavy (non-hydrogen) atoms. The first-order chi connectivity index (χ1) is 5.25. The average molecular weight is 156 g/mol. The van der Waals surface area contributed by atoms with Gasteiger partial charge in [-0.15, -0.1) is 0 Å². The number of ether oxygens (including phenoxy) is 1. The number of nitrogens with one attached hydrogen (secondary N) is 1. The van der Waals surface area contributed by atoms with Crippen molar-refractivity contribution >= 4 is 12.3 Å². The maximum atomic E-state index is 10.8. The number of rotatable bonds is 1. The van der Waals surface area contributed by atoms with E-state index in [1.165, 1.54) is 19.6 Å². The lowest BCUT2D eigenvalue weighted by Gasteiger charge is -2.11. The molecule has 0 fully saturated rings. The molecule has 0 amide bonds. The van der Waals surface area contributed by atoms with Crippen molar-refractivity contribution < 1.29 is 14.6 Å². The number of hydrogen-bond donors (Lipinski definition) is 2. The molecule has 0 radical (unpaired) electrons. The van der Waals surface area contributed by atoms with Crippen LogP contribution in [0.2, 0.25) is 0 Å². The van der Waals surface area contributed by atoms with Crippen molar-refractivity contribution in [3.05, 3.63) is 11.8 Å². The Kier molecular flexibility index (Phi) is 2.22. The van der Waals surface area contributed by atoms with E-state index in [9.17, 15) is 4.79 Å². The summed E-state index contributed by atoms with van der Waals surface area (Å²) in [5.74, 6) is -0.582. The van der Waals surface area contributed by atoms with Crippen molar-refractivity contribution in [2.45, 2.75) is 6.23 Å². The molecule has 0 aromatic carbocycles. The van der Waals surface area contributed by atoms with Gasteiger partial charge in [0.2, 0.25) is 0 Å². The Balaban J connectivity index is 2.71. The highest BCUT2D eigenvalue weighted by Crippen LogP contribution is 2.06. The summed E-state index contributed by atoms with van der Waals surface area (Å²) < 4.78 is 4.38. The van der Waals surface area contributed by atoms with Gasteiger partial charge in [-0.1, -0.05) is 0 Å². The molecule has 1 aliphatic heterocycles. The molecule has 0 saturated carbocycles. The van der Waals surface area contributed by atoms with Crippen LogP contribution in [0, 0.1) is 0 Å². The molecule has 1 rings (SSSR count). The number of nitrogens with zero attached hydrogens (tertiary/aromatic N) is 1. The molecule has 60 valence electrons. The van der Waals surface area contributed by atoms with Gasteiger partial charge in [-0.25, -0.2) is 9.79 Å². The van der Waals surface area contributed by atoms with Crippen LogP contribution in [-0.2, 0) is 9.53 Å². The summed E-state index contributed by atoms with van der Waals surface area (Å²) in [6.07, 6.45) is 1.55. The van der Waals surface area contributed by atoms with Gasteiger partial charge in [-0.05, 0) is 0 Å². The molecule has 2 N–H and O–H groups in total. The van der Waals surface area contributed by atoms with Crippen LogP contribution < -0.4 is 5.32 Å². The smallest absolute Gasteiger partial charge is 0.339 e. The highest BCUT2D eigenvalue weighted by molar-refractivity contribution is 5.90. The van der Waals surface area contributed by atoms with Crippen molar-refractivity contribution in [1.82, 2.24) is 5.32 Å². The second-order valence-electron chi connectivity index (χ2n) is 1.91. The molecule has 1 heterocycles. The lowest BCUT2D eigenvalue weighted by Crippen LogP contribution is -2.25. The molecule has 0 aromatic heterocycles. The summed E-state index contributed by atoms with van der Waals surface area (Å²) in [6.45, 7) is 0. The van der Waals surface area contributed by atoms with E-state index in [2.05, 4.69) is 15.0 Å². The molecule has 0 spiro atoms. The fourth-order valence-electron chi connectivity index (χ4n) is 0.678. The largest absolute Gasteiger partial charge is 0.465 e. The minimum Gasteiger partial charge on any atom is -0.465 e. The van der Waals surface area contributed by atoms with Crippen molar-refractivity contribution in [3.63, 3.8) is 0 Å². The van der Waals surface area contributed by atoms with Crippen LogP contribution in [0.3, 0.4) is 0 Å². The third kappa shape index (κ3) is 1.56. The molecule has 1 aliphatic rings. The fraction of sp³-hybridized carbons (Fsp3) is 0.333. The number of aliphatic hydroxyl groups is 1. The Labute approximate surface area is 63.4 Å². The molecule has 0 bridgehead atoms. The van der Waals surface area contributed by atoms with Gasteiger partial charge in [0, 0.05) is 6.20 Å². The average Bonchev–Trinajstić information content (AvgIpc) is 2.04. The van der Waals surface area contributed by atoms with Gasteiger partial charge in [0.25, 0.3) is 0 Å². The molecule has 0 aliphatic carbocycles. The Morgan fingerprint density at radius 2 is 2.64 bits per heavy atom. The topological polar surface area (TPSA) is 70.9 Å². The van der Waals surface area contributed by atoms with E-state index in [1.807, 2.05) is 0 Å². The van der Waals surface area contributed by atoms with Gasteiger partial charge >= 0.3 is 5.97 Å². The second-order valence-corrected chi connectivity index (χ2v) is 1.91. The van der Waals surface area contributed by atoms with Crippen LogP contribution in [0.5, 0.6) is 0 Å². The van der Waals surface area contributed by atoms with Gasteiger partial charge in [0.1, 0.15) is 5.57 Å². The molecule has 5 nitrogen and oxygen atoms in total. The summed E-state index contributed by atoms with van der Waals surface area (Å²) >= 11 is 0. The Morgan fingerprint density at radius 1 is 1.91 bits per heavy atom. The van der Waals surface area contributed by atoms with Crippen LogP contribution in [0.25, 0.3) is 0 Å². The quantitative estimate of drug-likeness (QED) is 0.477. The molecule has 0 aromatic rings. The lowest BCUT2D eigenvalue weighted by atomic mass is 10.2. The minimum atomic E-state index is -1.11. The SMILES string of the molecule is COC(=O)C1=CNC=N[C@H]1O. The monoisotopic (exact) mass is 156 g/mol. The van der Waals surface area contributed by atoms with Crippen molar-refractivity contribution in [2.75, 3.05) is 7.11 Å². The number of carbonyl (C=O) groups is 1. The third-order valence-corrected chi connectivity index (χ3v) is 1.23. The molecule has 0 unspecified atom stereocenters. The first-order valence-electron chi connectivity index (χ1n) is 3.00. The molecule has 0 saturated heterocycles. The van der Waals surface area contributed by atoms with E-state index >= 15 is 0 Å². The molecule has 1 atom stereocenters. The van der Waals surface area contributed by atoms with E-state index in [0.29, 0.717) is 0 Å². The zero-order valence-corrected chi connectivity index (χ0v) is 5.94. The van der Waals surface area contributed by atoms with E-state index in [0.717, 1.165) is 0 Å². The van der Waals surface area contributed by atoms with Gasteiger partial charge < -0.3 is 15.2 Å². The highest BCUT2D eigenvalue weighted by atomic mass is 16.5. The molecular weight excluding hydrogens is 148 g/mol. The number of methoxy groups -OCH3 is 1.